The van der Waals surface area contributed by atoms with Crippen LogP contribution in [0, 0.1) is 17.8 Å². The van der Waals surface area contributed by atoms with E-state index in [0.717, 1.165) is 25.7 Å². The fourth-order valence-corrected chi connectivity index (χ4v) is 12.7. The number of nitrogens with one attached hydrogen (secondary N) is 5. The highest BCUT2D eigenvalue weighted by Gasteiger charge is 2.46. The van der Waals surface area contributed by atoms with Crippen molar-refractivity contribution in [1.82, 2.24) is 26.6 Å². The van der Waals surface area contributed by atoms with Crippen molar-refractivity contribution in [2.75, 3.05) is 65.9 Å². The van der Waals surface area contributed by atoms with Crippen LogP contribution in [-0.2, 0) is 71.1 Å². The molecule has 18 atom stereocenters. The van der Waals surface area contributed by atoms with Crippen LogP contribution in [-0.4, -0.2) is 249 Å². The van der Waals surface area contributed by atoms with Gasteiger partial charge in [-0.05, 0) is 96.3 Å². The lowest BCUT2D eigenvalue weighted by molar-refractivity contribution is -0.282. The van der Waals surface area contributed by atoms with Gasteiger partial charge in [-0.3, -0.25) is 38.1 Å². The molecule has 15 N–H and O–H groups in total. The Balaban J connectivity index is 1.57. The van der Waals surface area contributed by atoms with Crippen molar-refractivity contribution < 1.29 is 122 Å². The average molecular weight is 1460 g/mol. The highest BCUT2D eigenvalue weighted by Crippen LogP contribution is 2.47. The van der Waals surface area contributed by atoms with Crippen LogP contribution in [0.3, 0.4) is 0 Å². The van der Waals surface area contributed by atoms with Gasteiger partial charge in [-0.15, -0.1) is 0 Å². The zero-order valence-corrected chi connectivity index (χ0v) is 60.9. The van der Waals surface area contributed by atoms with Crippen molar-refractivity contribution in [2.45, 2.75) is 312 Å². The summed E-state index contributed by atoms with van der Waals surface area (Å²) in [5.74, 6) is -3.57. The van der Waals surface area contributed by atoms with E-state index in [9.17, 15) is 89.0 Å². The van der Waals surface area contributed by atoms with E-state index in [1.807, 2.05) is 0 Å². The normalized spacial score (nSPS) is 26.7. The molecule has 0 saturated carbocycles. The minimum Gasteiger partial charge on any atom is -0.394 e. The fourth-order valence-electron chi connectivity index (χ4n) is 12.0. The SMILES string of the molecule is CC(=O)NC1[C@H](OCCCCCC(=O)NCCCCC(CC(=O)C(CCCCNC(=O)CCCCCO[C@@H]2OC(CO)[C@H](O)[C@H](O)C2C)NC(=O)CCCCCO[C@@H]2OC(CO)[C@H](O)[C@H](O)C2C)C(=O)NCCCCCC(=O)CCCCCCCOP(=O)(O)C(C)C)OC(CO)[C@H](O)[C@@H]1O. The van der Waals surface area contributed by atoms with Gasteiger partial charge in [-0.1, -0.05) is 79.1 Å². The Bertz CT molecular complexity index is 2370. The van der Waals surface area contributed by atoms with E-state index in [1.165, 1.54) is 6.92 Å². The van der Waals surface area contributed by atoms with Crippen LogP contribution in [0.4, 0.5) is 0 Å². The first-order valence-electron chi connectivity index (χ1n) is 36.9. The van der Waals surface area contributed by atoms with Crippen molar-refractivity contribution in [3.63, 3.8) is 0 Å². The molecule has 100 heavy (non-hydrogen) atoms. The summed E-state index contributed by atoms with van der Waals surface area (Å²) >= 11 is 0. The van der Waals surface area contributed by atoms with E-state index < -0.39 is 143 Å². The highest BCUT2D eigenvalue weighted by molar-refractivity contribution is 7.53. The maximum atomic E-state index is 14.5. The van der Waals surface area contributed by atoms with Crippen molar-refractivity contribution in [3.05, 3.63) is 0 Å². The number of rotatable bonds is 56. The topological polar surface area (TPSA) is 464 Å². The van der Waals surface area contributed by atoms with E-state index in [0.29, 0.717) is 148 Å². The second-order valence-electron chi connectivity index (χ2n) is 27.4. The molecule has 9 unspecified atom stereocenters. The van der Waals surface area contributed by atoms with Gasteiger partial charge in [0.2, 0.25) is 29.5 Å². The van der Waals surface area contributed by atoms with Crippen LogP contribution in [0.1, 0.15) is 221 Å². The Hall–Kier alpha value is -3.76. The average Bonchev–Trinajstić information content (AvgIpc) is 0.822. The quantitative estimate of drug-likeness (QED) is 0.0307. The molecule has 3 rings (SSSR count). The van der Waals surface area contributed by atoms with E-state index in [4.69, 9.17) is 32.9 Å². The van der Waals surface area contributed by atoms with Gasteiger partial charge in [-0.2, -0.15) is 0 Å². The third-order valence-electron chi connectivity index (χ3n) is 18.7. The molecule has 0 aromatic carbocycles. The predicted molar refractivity (Wildman–Crippen MR) is 366 cm³/mol. The summed E-state index contributed by atoms with van der Waals surface area (Å²) in [6.45, 7) is 8.13. The van der Waals surface area contributed by atoms with Gasteiger partial charge in [0.25, 0.3) is 0 Å². The maximum Gasteiger partial charge on any atom is 0.330 e. The summed E-state index contributed by atoms with van der Waals surface area (Å²) in [7, 11) is -3.59. The lowest BCUT2D eigenvalue weighted by atomic mass is 9.91. The zero-order chi connectivity index (χ0) is 74.0. The van der Waals surface area contributed by atoms with Crippen molar-refractivity contribution >= 4 is 48.7 Å². The molecule has 0 aliphatic carbocycles. The molecule has 3 fully saturated rings. The van der Waals surface area contributed by atoms with Crippen LogP contribution in [0.25, 0.3) is 0 Å². The summed E-state index contributed by atoms with van der Waals surface area (Å²) < 4.78 is 51.4. The van der Waals surface area contributed by atoms with Crippen LogP contribution in [0.5, 0.6) is 0 Å². The fraction of sp³-hybridized carbons (Fsp3) is 0.899. The van der Waals surface area contributed by atoms with Gasteiger partial charge in [0, 0.05) is 103 Å². The first kappa shape index (κ1) is 90.5. The summed E-state index contributed by atoms with van der Waals surface area (Å²) in [4.78, 5) is 102. The number of Topliss-reactive ketones (excluding diaryl/α,β-unsaturated/α-hetero) is 2. The van der Waals surface area contributed by atoms with Crippen LogP contribution < -0.4 is 26.6 Å². The number of hydrogen-bond acceptors (Lipinski definition) is 24. The molecule has 3 heterocycles. The number of carbonyl (C=O) groups excluding carboxylic acids is 7. The van der Waals surface area contributed by atoms with E-state index in [2.05, 4.69) is 26.6 Å². The third-order valence-corrected chi connectivity index (χ3v) is 20.5. The van der Waals surface area contributed by atoms with Gasteiger partial charge in [0.1, 0.15) is 54.6 Å². The van der Waals surface area contributed by atoms with Crippen molar-refractivity contribution in [1.29, 1.82) is 0 Å². The third kappa shape index (κ3) is 35.3. The number of ketones is 2. The molecule has 3 saturated heterocycles. The van der Waals surface area contributed by atoms with Crippen molar-refractivity contribution in [2.24, 2.45) is 17.8 Å². The number of aliphatic hydroxyl groups is 9. The molecule has 3 aliphatic heterocycles. The molecule has 3 aliphatic rings. The van der Waals surface area contributed by atoms with E-state index >= 15 is 0 Å². The first-order chi connectivity index (χ1) is 47.8. The van der Waals surface area contributed by atoms with Crippen LogP contribution in [0.2, 0.25) is 0 Å². The summed E-state index contributed by atoms with van der Waals surface area (Å²) in [6.07, 6.45) is 1.03. The molecule has 0 aromatic heterocycles. The standard InChI is InChI=1S/C69H126N5O25P/c1-45(2)100(91,92)96-40-26-8-6-7-13-28-50(79)29-14-9-20-36-72-66(90)49(27-18-21-34-70-56(81)32-16-11-25-39-95-69-59(73-48(5)78)65(89)64(88)55(44-77)99-69)41-52(80)51(74-58(83)33-17-12-24-38-94-68-47(4)61(85)63(87)54(43-76)98-68)30-19-22-35-71-57(82)31-15-10-23-37-93-67-46(3)60(84)62(86)53(42-75)97-67/h45-47,49,51,53-55,59-65,67-69,75-77,84-89H,6-44H2,1-5H3,(H,70,81)(H,71,82)(H,72,90)(H,73,78)(H,74,83)(H,91,92)/t46?,47?,49?,51?,53?,54?,55?,59?,60-,61-,62+,63+,64+,65-,67-,68-,69-/m1/s1. The number of aliphatic hydroxyl groups excluding tert-OH is 9. The second-order valence-corrected chi connectivity index (χ2v) is 29.9. The van der Waals surface area contributed by atoms with E-state index in [1.54, 1.807) is 27.7 Å². The minimum atomic E-state index is -3.59. The predicted octanol–water partition coefficient (Wildman–Crippen LogP) is 2.64. The molecule has 0 radical (unpaired) electrons. The molecule has 0 aromatic rings. The van der Waals surface area contributed by atoms with Gasteiger partial charge < -0.3 is 110 Å². The molecule has 0 bridgehead atoms. The molecule has 582 valence electrons. The molecule has 0 spiro atoms. The largest absolute Gasteiger partial charge is 0.394 e. The Labute approximate surface area is 591 Å². The Morgan fingerprint density at radius 1 is 0.460 bits per heavy atom. The van der Waals surface area contributed by atoms with Crippen LogP contribution >= 0.6 is 7.60 Å². The lowest BCUT2D eigenvalue weighted by Crippen LogP contribution is -2.64. The highest BCUT2D eigenvalue weighted by atomic mass is 31.2. The number of hydrogen-bond donors (Lipinski definition) is 15. The molecular formula is C69H126N5O25P. The zero-order valence-electron chi connectivity index (χ0n) is 60.0. The van der Waals surface area contributed by atoms with Gasteiger partial charge in [0.05, 0.1) is 50.3 Å². The summed E-state index contributed by atoms with van der Waals surface area (Å²) in [5.41, 5.74) is -0.458. The monoisotopic (exact) mass is 1460 g/mol. The second kappa shape index (κ2) is 51.4. The number of carbonyl (C=O) groups is 7. The maximum absolute atomic E-state index is 14.5. The minimum absolute atomic E-state index is 0.0798. The summed E-state index contributed by atoms with van der Waals surface area (Å²) in [5, 5.41) is 105. The molecule has 5 amide bonds. The molecule has 30 nitrogen and oxygen atoms in total. The van der Waals surface area contributed by atoms with Crippen LogP contribution in [0.15, 0.2) is 0 Å². The van der Waals surface area contributed by atoms with Gasteiger partial charge in [-0.25, -0.2) is 0 Å². The number of ether oxygens (including phenoxy) is 6. The Morgan fingerprint density at radius 3 is 1.34 bits per heavy atom. The Kier molecular flexibility index (Phi) is 46.5. The molecule has 31 heteroatoms. The van der Waals surface area contributed by atoms with Crippen molar-refractivity contribution in [3.8, 4) is 0 Å². The summed E-state index contributed by atoms with van der Waals surface area (Å²) in [6, 6.07) is -2.02. The first-order valence-corrected chi connectivity index (χ1v) is 38.5. The lowest BCUT2D eigenvalue weighted by Gasteiger charge is -2.42. The number of unbranched alkanes of at least 4 members (excludes halogenated alkanes) is 14. The van der Waals surface area contributed by atoms with Gasteiger partial charge >= 0.3 is 7.60 Å². The Morgan fingerprint density at radius 2 is 0.850 bits per heavy atom. The molecular weight excluding hydrogens is 1330 g/mol. The van der Waals surface area contributed by atoms with E-state index in [-0.39, 0.29) is 93.7 Å². The smallest absolute Gasteiger partial charge is 0.330 e. The van der Waals surface area contributed by atoms with Gasteiger partial charge in [0.15, 0.2) is 24.7 Å². The number of amides is 5.